The van der Waals surface area contributed by atoms with E-state index in [1.807, 2.05) is 13.8 Å². The number of aromatic nitrogens is 4. The van der Waals surface area contributed by atoms with E-state index in [-0.39, 0.29) is 17.7 Å². The Morgan fingerprint density at radius 3 is 2.74 bits per heavy atom. The van der Waals surface area contributed by atoms with Crippen molar-refractivity contribution in [2.45, 2.75) is 46.1 Å². The number of hydrogen-bond donors (Lipinski definition) is 1. The summed E-state index contributed by atoms with van der Waals surface area (Å²) in [6.07, 6.45) is 5.42. The molecule has 2 atom stereocenters. The monoisotopic (exact) mass is 429 g/mol. The van der Waals surface area contributed by atoms with Crippen LogP contribution in [0.2, 0.25) is 0 Å². The first kappa shape index (κ1) is 20.9. The summed E-state index contributed by atoms with van der Waals surface area (Å²) in [5.74, 6) is -0.257. The fourth-order valence-electron chi connectivity index (χ4n) is 3.76. The first-order chi connectivity index (χ1) is 14.7. The van der Waals surface area contributed by atoms with Crippen molar-refractivity contribution < 1.29 is 23.4 Å². The van der Waals surface area contributed by atoms with Crippen molar-refractivity contribution >= 4 is 11.6 Å². The lowest BCUT2D eigenvalue weighted by Gasteiger charge is -2.19. The molecule has 31 heavy (non-hydrogen) atoms. The molecule has 0 saturated heterocycles. The third-order valence-corrected chi connectivity index (χ3v) is 5.04. The predicted octanol–water partition coefficient (Wildman–Crippen LogP) is 3.35. The Bertz CT molecular complexity index is 1130. The Kier molecular flexibility index (Phi) is 5.40. The minimum absolute atomic E-state index is 0.0660. The molecule has 0 aliphatic carbocycles. The molecule has 0 bridgehead atoms. The molecule has 0 radical (unpaired) electrons. The van der Waals surface area contributed by atoms with Gasteiger partial charge >= 0.3 is 6.61 Å². The molecule has 0 spiro atoms. The SMILES string of the molecule is Cc1cc(-c2cncc(OC(F)F)c2)nc2c1C(=O)N(c1cnn(C[C@H](C)O)c1)[C@H]2C. The normalized spacial score (nSPS) is 16.7. The second kappa shape index (κ2) is 8.03. The smallest absolute Gasteiger partial charge is 0.387 e. The largest absolute Gasteiger partial charge is 0.433 e. The molecule has 3 aromatic rings. The van der Waals surface area contributed by atoms with Gasteiger partial charge in [0.15, 0.2) is 0 Å². The van der Waals surface area contributed by atoms with Crippen molar-refractivity contribution in [3.05, 3.63) is 53.7 Å². The van der Waals surface area contributed by atoms with Crippen LogP contribution in [-0.4, -0.2) is 43.5 Å². The predicted molar refractivity (Wildman–Crippen MR) is 108 cm³/mol. The van der Waals surface area contributed by atoms with E-state index in [0.717, 1.165) is 5.56 Å². The molecule has 0 unspecified atom stereocenters. The van der Waals surface area contributed by atoms with Crippen LogP contribution in [-0.2, 0) is 6.54 Å². The molecule has 0 fully saturated rings. The van der Waals surface area contributed by atoms with Crippen molar-refractivity contribution in [1.29, 1.82) is 0 Å². The minimum atomic E-state index is -2.95. The lowest BCUT2D eigenvalue weighted by Crippen LogP contribution is -2.26. The number of fused-ring (bicyclic) bond motifs is 1. The maximum absolute atomic E-state index is 13.2. The Morgan fingerprint density at radius 2 is 2.03 bits per heavy atom. The van der Waals surface area contributed by atoms with E-state index in [1.54, 1.807) is 35.0 Å². The van der Waals surface area contributed by atoms with E-state index in [1.165, 1.54) is 18.5 Å². The molecule has 4 rings (SSSR count). The summed E-state index contributed by atoms with van der Waals surface area (Å²) >= 11 is 0. The highest BCUT2D eigenvalue weighted by Gasteiger charge is 2.38. The lowest BCUT2D eigenvalue weighted by atomic mass is 10.0. The van der Waals surface area contributed by atoms with Crippen LogP contribution in [0, 0.1) is 6.92 Å². The number of carbonyl (C=O) groups excluding carboxylic acids is 1. The van der Waals surface area contributed by atoms with Crippen LogP contribution in [0.25, 0.3) is 11.3 Å². The van der Waals surface area contributed by atoms with Gasteiger partial charge in [0.25, 0.3) is 5.91 Å². The number of halogens is 2. The summed E-state index contributed by atoms with van der Waals surface area (Å²) in [6.45, 7) is 2.69. The standard InChI is InChI=1S/C21H21F2N5O3/c1-11-4-17(14-5-16(8-24-6-14)31-21(22)23)26-19-13(3)28(20(30)18(11)19)15-7-25-27(10-15)9-12(2)29/h4-8,10,12-13,21,29H,9H2,1-3H3/t12-,13-/m0/s1. The number of anilines is 1. The number of aryl methyl sites for hydroxylation is 1. The zero-order valence-electron chi connectivity index (χ0n) is 17.2. The molecule has 8 nitrogen and oxygen atoms in total. The first-order valence-electron chi connectivity index (χ1n) is 9.70. The summed E-state index contributed by atoms with van der Waals surface area (Å²) in [5.41, 5.74) is 3.43. The van der Waals surface area contributed by atoms with Gasteiger partial charge in [0.05, 0.1) is 53.7 Å². The number of ether oxygens (including phenoxy) is 1. The van der Waals surface area contributed by atoms with Gasteiger partial charge in [-0.2, -0.15) is 13.9 Å². The molecule has 3 aromatic heterocycles. The average Bonchev–Trinajstić information content (AvgIpc) is 3.23. The summed E-state index contributed by atoms with van der Waals surface area (Å²) in [7, 11) is 0. The lowest BCUT2D eigenvalue weighted by molar-refractivity contribution is -0.0500. The van der Waals surface area contributed by atoms with Crippen molar-refractivity contribution in [3.8, 4) is 17.0 Å². The third-order valence-electron chi connectivity index (χ3n) is 5.04. The minimum Gasteiger partial charge on any atom is -0.433 e. The molecular formula is C21H21F2N5O3. The first-order valence-corrected chi connectivity index (χ1v) is 9.70. The number of aliphatic hydroxyl groups excluding tert-OH is 1. The summed E-state index contributed by atoms with van der Waals surface area (Å²) in [6, 6.07) is 2.80. The molecule has 0 saturated carbocycles. The van der Waals surface area contributed by atoms with Gasteiger partial charge in [-0.3, -0.25) is 19.4 Å². The number of alkyl halides is 2. The van der Waals surface area contributed by atoms with Crippen molar-refractivity contribution in [3.63, 3.8) is 0 Å². The zero-order chi connectivity index (χ0) is 22.3. The molecule has 162 valence electrons. The summed E-state index contributed by atoms with van der Waals surface area (Å²) in [4.78, 5) is 23.4. The molecule has 4 heterocycles. The summed E-state index contributed by atoms with van der Waals surface area (Å²) < 4.78 is 31.1. The molecule has 10 heteroatoms. The quantitative estimate of drug-likeness (QED) is 0.646. The van der Waals surface area contributed by atoms with Gasteiger partial charge in [-0.1, -0.05) is 0 Å². The highest BCUT2D eigenvalue weighted by Crippen LogP contribution is 2.39. The van der Waals surface area contributed by atoms with Crippen molar-refractivity contribution in [1.82, 2.24) is 19.7 Å². The van der Waals surface area contributed by atoms with E-state index < -0.39 is 12.7 Å². The van der Waals surface area contributed by atoms with E-state index in [2.05, 4.69) is 19.8 Å². The average molecular weight is 429 g/mol. The number of hydrogen-bond acceptors (Lipinski definition) is 6. The van der Waals surface area contributed by atoms with E-state index in [0.29, 0.717) is 34.7 Å². The van der Waals surface area contributed by atoms with Crippen LogP contribution in [0.1, 0.15) is 41.5 Å². The Balaban J connectivity index is 1.69. The highest BCUT2D eigenvalue weighted by molar-refractivity contribution is 6.11. The fraction of sp³-hybridized carbons (Fsp3) is 0.333. The van der Waals surface area contributed by atoms with Gasteiger partial charge in [0.1, 0.15) is 5.75 Å². The van der Waals surface area contributed by atoms with Crippen LogP contribution < -0.4 is 9.64 Å². The third kappa shape index (κ3) is 3.98. The van der Waals surface area contributed by atoms with Gasteiger partial charge in [0.2, 0.25) is 0 Å². The van der Waals surface area contributed by atoms with Crippen LogP contribution in [0.3, 0.4) is 0 Å². The number of aliphatic hydroxyl groups is 1. The van der Waals surface area contributed by atoms with Crippen LogP contribution in [0.5, 0.6) is 5.75 Å². The molecular weight excluding hydrogens is 408 g/mol. The summed E-state index contributed by atoms with van der Waals surface area (Å²) in [5, 5.41) is 13.8. The van der Waals surface area contributed by atoms with Crippen LogP contribution in [0.15, 0.2) is 36.9 Å². The second-order valence-electron chi connectivity index (χ2n) is 7.49. The van der Waals surface area contributed by atoms with Gasteiger partial charge in [0, 0.05) is 18.0 Å². The highest BCUT2D eigenvalue weighted by atomic mass is 19.3. The van der Waals surface area contributed by atoms with E-state index >= 15 is 0 Å². The van der Waals surface area contributed by atoms with E-state index in [9.17, 15) is 18.7 Å². The van der Waals surface area contributed by atoms with Crippen molar-refractivity contribution in [2.24, 2.45) is 0 Å². The van der Waals surface area contributed by atoms with Gasteiger partial charge < -0.3 is 9.84 Å². The molecule has 1 aliphatic heterocycles. The number of nitrogens with zero attached hydrogens (tertiary/aromatic N) is 5. The molecule has 1 aliphatic rings. The maximum Gasteiger partial charge on any atom is 0.387 e. The Labute approximate surface area is 177 Å². The molecule has 1 amide bonds. The van der Waals surface area contributed by atoms with Gasteiger partial charge in [-0.25, -0.2) is 4.98 Å². The number of amides is 1. The van der Waals surface area contributed by atoms with E-state index in [4.69, 9.17) is 0 Å². The molecule has 1 N–H and O–H groups in total. The van der Waals surface area contributed by atoms with Crippen LogP contribution in [0.4, 0.5) is 14.5 Å². The van der Waals surface area contributed by atoms with Gasteiger partial charge in [-0.15, -0.1) is 0 Å². The zero-order valence-corrected chi connectivity index (χ0v) is 17.2. The number of pyridine rings is 2. The molecule has 0 aromatic carbocycles. The van der Waals surface area contributed by atoms with Crippen LogP contribution >= 0.6 is 0 Å². The van der Waals surface area contributed by atoms with Crippen molar-refractivity contribution in [2.75, 3.05) is 4.90 Å². The Morgan fingerprint density at radius 1 is 1.26 bits per heavy atom. The number of rotatable bonds is 6. The number of carbonyl (C=O) groups is 1. The fourth-order valence-corrected chi connectivity index (χ4v) is 3.76. The Hall–Kier alpha value is -3.40. The van der Waals surface area contributed by atoms with Gasteiger partial charge in [-0.05, 0) is 38.5 Å². The maximum atomic E-state index is 13.2. The second-order valence-corrected chi connectivity index (χ2v) is 7.49. The topological polar surface area (TPSA) is 93.4 Å².